The Morgan fingerprint density at radius 3 is 2.91 bits per heavy atom. The summed E-state index contributed by atoms with van der Waals surface area (Å²) in [5.41, 5.74) is 0.194. The van der Waals surface area contributed by atoms with Gasteiger partial charge >= 0.3 is 0 Å². The highest BCUT2D eigenvalue weighted by Gasteiger charge is 2.28. The fourth-order valence-electron chi connectivity index (χ4n) is 1.59. The highest BCUT2D eigenvalue weighted by atomic mass is 16.5. The molecule has 0 N–H and O–H groups in total. The number of rotatable bonds is 3. The van der Waals surface area contributed by atoms with Gasteiger partial charge in [-0.05, 0) is 39.5 Å². The van der Waals surface area contributed by atoms with E-state index >= 15 is 0 Å². The van der Waals surface area contributed by atoms with Crippen LogP contribution >= 0.6 is 0 Å². The molecular formula is C10H18O. The van der Waals surface area contributed by atoms with Gasteiger partial charge < -0.3 is 4.74 Å². The van der Waals surface area contributed by atoms with E-state index in [0.717, 1.165) is 13.0 Å². The Bertz CT molecular complexity index is 132. The molecule has 0 aliphatic carbocycles. The van der Waals surface area contributed by atoms with Crippen LogP contribution in [-0.4, -0.2) is 12.2 Å². The Morgan fingerprint density at radius 1 is 1.55 bits per heavy atom. The third kappa shape index (κ3) is 2.66. The van der Waals surface area contributed by atoms with Gasteiger partial charge in [-0.15, -0.1) is 0 Å². The van der Waals surface area contributed by atoms with Gasteiger partial charge in [0.05, 0.1) is 5.60 Å². The van der Waals surface area contributed by atoms with E-state index in [1.807, 2.05) is 0 Å². The second kappa shape index (κ2) is 3.91. The van der Waals surface area contributed by atoms with E-state index in [1.165, 1.54) is 19.3 Å². The normalized spacial score (nSPS) is 31.8. The summed E-state index contributed by atoms with van der Waals surface area (Å²) in [5, 5.41) is 0. The van der Waals surface area contributed by atoms with Crippen molar-refractivity contribution in [1.29, 1.82) is 0 Å². The topological polar surface area (TPSA) is 9.23 Å². The Balaban J connectivity index is 2.23. The Hall–Kier alpha value is -0.300. The largest absolute Gasteiger partial charge is 0.375 e. The Labute approximate surface area is 69.4 Å². The Kier molecular flexibility index (Phi) is 3.13. The van der Waals surface area contributed by atoms with E-state index in [9.17, 15) is 0 Å². The molecule has 0 spiro atoms. The quantitative estimate of drug-likeness (QED) is 0.568. The van der Waals surface area contributed by atoms with Crippen LogP contribution in [0.4, 0.5) is 0 Å². The number of ether oxygens (including phenoxy) is 1. The first-order valence-corrected chi connectivity index (χ1v) is 4.52. The van der Waals surface area contributed by atoms with Gasteiger partial charge in [-0.25, -0.2) is 0 Å². The maximum absolute atomic E-state index is 5.65. The summed E-state index contributed by atoms with van der Waals surface area (Å²) in [4.78, 5) is 0. The first-order chi connectivity index (χ1) is 5.27. The molecule has 0 amide bonds. The predicted molar refractivity (Wildman–Crippen MR) is 47.6 cm³/mol. The summed E-state index contributed by atoms with van der Waals surface area (Å²) in [5.74, 6) is 0. The lowest BCUT2D eigenvalue weighted by molar-refractivity contribution is 0.0141. The minimum atomic E-state index is 0.194. The average Bonchev–Trinajstić information content (AvgIpc) is 2.38. The van der Waals surface area contributed by atoms with Crippen LogP contribution in [0.1, 0.15) is 39.5 Å². The molecule has 0 saturated carbocycles. The minimum Gasteiger partial charge on any atom is -0.375 e. The second-order valence-electron chi connectivity index (χ2n) is 3.51. The highest BCUT2D eigenvalue weighted by molar-refractivity contribution is 4.85. The zero-order chi connectivity index (χ0) is 8.16. The number of hydrogen-bond acceptors (Lipinski definition) is 1. The predicted octanol–water partition coefficient (Wildman–Crippen LogP) is 2.91. The summed E-state index contributed by atoms with van der Waals surface area (Å²) in [6.07, 6.45) is 9.15. The van der Waals surface area contributed by atoms with Crippen LogP contribution in [0.25, 0.3) is 0 Å². The smallest absolute Gasteiger partial charge is 0.0658 e. The molecule has 1 aliphatic rings. The molecule has 0 unspecified atom stereocenters. The van der Waals surface area contributed by atoms with Gasteiger partial charge in [0.1, 0.15) is 0 Å². The zero-order valence-electron chi connectivity index (χ0n) is 7.60. The summed E-state index contributed by atoms with van der Waals surface area (Å²) in [6.45, 7) is 5.26. The molecule has 1 atom stereocenters. The van der Waals surface area contributed by atoms with Gasteiger partial charge in [0.25, 0.3) is 0 Å². The van der Waals surface area contributed by atoms with E-state index in [0.29, 0.717) is 0 Å². The fourth-order valence-corrected chi connectivity index (χ4v) is 1.59. The van der Waals surface area contributed by atoms with Crippen LogP contribution < -0.4 is 0 Å². The van der Waals surface area contributed by atoms with Crippen LogP contribution in [-0.2, 0) is 4.74 Å². The number of allylic oxidation sites excluding steroid dienone is 2. The lowest BCUT2D eigenvalue weighted by Gasteiger charge is -2.21. The molecule has 1 fully saturated rings. The van der Waals surface area contributed by atoms with Crippen LogP contribution in [0.15, 0.2) is 12.2 Å². The summed E-state index contributed by atoms with van der Waals surface area (Å²) in [7, 11) is 0. The maximum atomic E-state index is 5.65. The lowest BCUT2D eigenvalue weighted by atomic mass is 9.97. The molecule has 1 rings (SSSR count). The molecule has 0 aromatic carbocycles. The van der Waals surface area contributed by atoms with Crippen LogP contribution in [0.3, 0.4) is 0 Å². The van der Waals surface area contributed by atoms with Crippen LogP contribution in [0.2, 0.25) is 0 Å². The first-order valence-electron chi connectivity index (χ1n) is 4.52. The third-order valence-electron chi connectivity index (χ3n) is 2.38. The minimum absolute atomic E-state index is 0.194. The van der Waals surface area contributed by atoms with Crippen molar-refractivity contribution < 1.29 is 4.74 Å². The average molecular weight is 154 g/mol. The van der Waals surface area contributed by atoms with Gasteiger partial charge in [0.15, 0.2) is 0 Å². The molecular weight excluding hydrogens is 136 g/mol. The molecule has 1 heterocycles. The zero-order valence-corrected chi connectivity index (χ0v) is 7.60. The van der Waals surface area contributed by atoms with Crippen molar-refractivity contribution in [2.45, 2.75) is 45.1 Å². The van der Waals surface area contributed by atoms with Gasteiger partial charge in [0, 0.05) is 6.61 Å². The molecule has 0 aromatic rings. The van der Waals surface area contributed by atoms with Gasteiger partial charge in [0.2, 0.25) is 0 Å². The molecule has 1 aliphatic heterocycles. The van der Waals surface area contributed by atoms with Crippen LogP contribution in [0.5, 0.6) is 0 Å². The summed E-state index contributed by atoms with van der Waals surface area (Å²) >= 11 is 0. The molecule has 1 nitrogen and oxygen atoms in total. The maximum Gasteiger partial charge on any atom is 0.0658 e. The van der Waals surface area contributed by atoms with Gasteiger partial charge in [-0.3, -0.25) is 0 Å². The summed E-state index contributed by atoms with van der Waals surface area (Å²) in [6, 6.07) is 0. The lowest BCUT2D eigenvalue weighted by Crippen LogP contribution is -2.21. The van der Waals surface area contributed by atoms with Crippen molar-refractivity contribution in [2.24, 2.45) is 0 Å². The molecule has 0 aromatic heterocycles. The molecule has 1 heteroatoms. The van der Waals surface area contributed by atoms with Crippen molar-refractivity contribution in [3.8, 4) is 0 Å². The van der Waals surface area contributed by atoms with Crippen molar-refractivity contribution in [2.75, 3.05) is 6.61 Å². The van der Waals surface area contributed by atoms with E-state index in [-0.39, 0.29) is 5.60 Å². The van der Waals surface area contributed by atoms with Crippen molar-refractivity contribution in [1.82, 2.24) is 0 Å². The van der Waals surface area contributed by atoms with E-state index < -0.39 is 0 Å². The SMILES string of the molecule is C/C=C\CC[C@@]1(C)CCCO1. The Morgan fingerprint density at radius 2 is 2.36 bits per heavy atom. The highest BCUT2D eigenvalue weighted by Crippen LogP contribution is 2.29. The van der Waals surface area contributed by atoms with E-state index in [2.05, 4.69) is 26.0 Å². The van der Waals surface area contributed by atoms with Crippen molar-refractivity contribution in [3.63, 3.8) is 0 Å². The first kappa shape index (κ1) is 8.79. The van der Waals surface area contributed by atoms with Gasteiger partial charge in [-0.2, -0.15) is 0 Å². The van der Waals surface area contributed by atoms with Crippen molar-refractivity contribution >= 4 is 0 Å². The fraction of sp³-hybridized carbons (Fsp3) is 0.800. The molecule has 1 saturated heterocycles. The standard InChI is InChI=1S/C10H18O/c1-3-4-5-7-10(2)8-6-9-11-10/h3-4H,5-9H2,1-2H3/b4-3-/t10-/m0/s1. The summed E-state index contributed by atoms with van der Waals surface area (Å²) < 4.78 is 5.65. The molecule has 0 bridgehead atoms. The van der Waals surface area contributed by atoms with E-state index in [4.69, 9.17) is 4.74 Å². The van der Waals surface area contributed by atoms with Crippen molar-refractivity contribution in [3.05, 3.63) is 12.2 Å². The number of hydrogen-bond donors (Lipinski definition) is 0. The van der Waals surface area contributed by atoms with E-state index in [1.54, 1.807) is 0 Å². The molecule has 64 valence electrons. The molecule has 0 radical (unpaired) electrons. The monoisotopic (exact) mass is 154 g/mol. The second-order valence-corrected chi connectivity index (χ2v) is 3.51. The van der Waals surface area contributed by atoms with Gasteiger partial charge in [-0.1, -0.05) is 12.2 Å². The third-order valence-corrected chi connectivity index (χ3v) is 2.38. The van der Waals surface area contributed by atoms with Crippen LogP contribution in [0, 0.1) is 0 Å². The molecule has 11 heavy (non-hydrogen) atoms.